The van der Waals surface area contributed by atoms with Crippen LogP contribution in [0, 0.1) is 6.92 Å². The van der Waals surface area contributed by atoms with Crippen LogP contribution in [0.1, 0.15) is 54.5 Å². The number of Topliss-reactive ketones (excluding diaryl/α,β-unsaturated/α-hetero) is 1. The van der Waals surface area contributed by atoms with Crippen molar-refractivity contribution in [2.75, 3.05) is 18.6 Å². The lowest BCUT2D eigenvalue weighted by Crippen LogP contribution is -2.29. The van der Waals surface area contributed by atoms with Gasteiger partial charge >= 0.3 is 5.91 Å². The Morgan fingerprint density at radius 3 is 2.48 bits per heavy atom. The molecule has 2 heterocycles. The maximum Gasteiger partial charge on any atom is 0.301 e. The van der Waals surface area contributed by atoms with Crippen molar-refractivity contribution >= 4 is 57.3 Å². The van der Waals surface area contributed by atoms with Crippen molar-refractivity contribution in [3.8, 4) is 11.5 Å². The van der Waals surface area contributed by atoms with Crippen LogP contribution < -0.4 is 14.4 Å². The molecule has 11 heteroatoms. The summed E-state index contributed by atoms with van der Waals surface area (Å²) < 4.78 is 12.2. The van der Waals surface area contributed by atoms with E-state index in [0.717, 1.165) is 30.4 Å². The second-order valence-electron chi connectivity index (χ2n) is 10.3. The molecule has 0 saturated carbocycles. The average Bonchev–Trinajstić information content (AvgIpc) is 3.60. The molecule has 1 aliphatic rings. The lowest BCUT2D eigenvalue weighted by molar-refractivity contribution is -0.132. The molecule has 0 aliphatic carbocycles. The van der Waals surface area contributed by atoms with Crippen LogP contribution in [-0.4, -0.2) is 40.7 Å². The Morgan fingerprint density at radius 1 is 1.02 bits per heavy atom. The maximum atomic E-state index is 13.6. The number of benzene rings is 3. The van der Waals surface area contributed by atoms with E-state index < -0.39 is 17.7 Å². The molecule has 44 heavy (non-hydrogen) atoms. The summed E-state index contributed by atoms with van der Waals surface area (Å²) in [4.78, 5) is 28.5. The van der Waals surface area contributed by atoms with E-state index in [1.807, 2.05) is 43.3 Å². The Kier molecular flexibility index (Phi) is 10.2. The third kappa shape index (κ3) is 6.93. The highest BCUT2D eigenvalue weighted by molar-refractivity contribution is 8.00. The van der Waals surface area contributed by atoms with Crippen LogP contribution in [0.3, 0.4) is 0 Å². The van der Waals surface area contributed by atoms with Crippen molar-refractivity contribution in [1.29, 1.82) is 0 Å². The lowest BCUT2D eigenvalue weighted by Gasteiger charge is -2.23. The number of ketones is 1. The molecule has 1 aromatic heterocycles. The van der Waals surface area contributed by atoms with Gasteiger partial charge in [-0.2, -0.15) is 0 Å². The molecular weight excluding hydrogens is 618 g/mol. The van der Waals surface area contributed by atoms with Gasteiger partial charge in [-0.3, -0.25) is 14.5 Å². The van der Waals surface area contributed by atoms with Crippen molar-refractivity contribution in [2.45, 2.75) is 49.2 Å². The zero-order valence-corrected chi connectivity index (χ0v) is 27.0. The molecule has 5 rings (SSSR count). The van der Waals surface area contributed by atoms with E-state index in [0.29, 0.717) is 44.3 Å². The summed E-state index contributed by atoms with van der Waals surface area (Å²) in [7, 11) is 1.54. The Morgan fingerprint density at radius 2 is 1.77 bits per heavy atom. The van der Waals surface area contributed by atoms with Crippen LogP contribution >= 0.6 is 34.7 Å². The molecule has 228 valence electrons. The lowest BCUT2D eigenvalue weighted by atomic mass is 9.95. The molecule has 1 fully saturated rings. The topological polar surface area (TPSA) is 102 Å². The Balaban J connectivity index is 1.53. The minimum Gasteiger partial charge on any atom is -0.507 e. The molecule has 4 aromatic rings. The number of hydrogen-bond donors (Lipinski definition) is 1. The van der Waals surface area contributed by atoms with Crippen molar-refractivity contribution in [2.24, 2.45) is 0 Å². The highest BCUT2D eigenvalue weighted by Crippen LogP contribution is 2.45. The number of thioether (sulfide) groups is 1. The smallest absolute Gasteiger partial charge is 0.301 e. The number of rotatable bonds is 12. The van der Waals surface area contributed by atoms with Crippen LogP contribution in [-0.2, 0) is 15.3 Å². The second-order valence-corrected chi connectivity index (χ2v) is 12.9. The van der Waals surface area contributed by atoms with E-state index in [-0.39, 0.29) is 16.5 Å². The number of nitrogens with zero attached hydrogens (tertiary/aromatic N) is 3. The SMILES string of the molecule is CCCCCOc1ccc(C2/C(=C(/O)c3ccc(C)cc3)C(=O)C(=O)N2c2nnc(SCc3ccc(Cl)cc3)s2)cc1OC. The normalized spacial score (nSPS) is 16.0. The molecule has 0 bridgehead atoms. The summed E-state index contributed by atoms with van der Waals surface area (Å²) >= 11 is 8.68. The molecule has 0 radical (unpaired) electrons. The average molecular weight is 650 g/mol. The number of amides is 1. The summed E-state index contributed by atoms with van der Waals surface area (Å²) in [6.45, 7) is 4.59. The number of hydrogen-bond acceptors (Lipinski definition) is 9. The van der Waals surface area contributed by atoms with E-state index in [4.69, 9.17) is 21.1 Å². The van der Waals surface area contributed by atoms with Crippen LogP contribution in [0.4, 0.5) is 5.13 Å². The standard InChI is InChI=1S/C33H32ClN3O5S2/c1-4-5-6-17-42-25-16-13-23(18-26(25)41-3)28-27(29(38)22-11-7-20(2)8-12-22)30(39)31(40)37(28)32-35-36-33(44-32)43-19-21-9-14-24(34)15-10-21/h7-16,18,28,38H,4-6,17,19H2,1-3H3/b29-27-. The van der Waals surface area contributed by atoms with E-state index in [1.165, 1.54) is 35.1 Å². The fourth-order valence-corrected chi connectivity index (χ4v) is 6.75. The number of methoxy groups -OCH3 is 1. The molecule has 3 aromatic carbocycles. The number of aliphatic hydroxyl groups excluding tert-OH is 1. The minimum absolute atomic E-state index is 0.0388. The van der Waals surface area contributed by atoms with Crippen molar-refractivity contribution in [1.82, 2.24) is 10.2 Å². The van der Waals surface area contributed by atoms with Crippen LogP contribution in [0.15, 0.2) is 76.6 Å². The fraction of sp³-hybridized carbons (Fsp3) is 0.273. The third-order valence-electron chi connectivity index (χ3n) is 7.16. The minimum atomic E-state index is -0.971. The van der Waals surface area contributed by atoms with Crippen LogP contribution in [0.5, 0.6) is 11.5 Å². The summed E-state index contributed by atoms with van der Waals surface area (Å²) in [6, 6.07) is 18.9. The molecule has 1 N–H and O–H groups in total. The van der Waals surface area contributed by atoms with Gasteiger partial charge < -0.3 is 14.6 Å². The van der Waals surface area contributed by atoms with Gasteiger partial charge in [0, 0.05) is 16.3 Å². The van der Waals surface area contributed by atoms with Gasteiger partial charge in [0.2, 0.25) is 5.13 Å². The van der Waals surface area contributed by atoms with Gasteiger partial charge in [-0.05, 0) is 48.7 Å². The number of carbonyl (C=O) groups excluding carboxylic acids is 2. The fourth-order valence-electron chi connectivity index (χ4n) is 4.80. The summed E-state index contributed by atoms with van der Waals surface area (Å²) in [6.07, 6.45) is 3.04. The van der Waals surface area contributed by atoms with E-state index >= 15 is 0 Å². The Hall–Kier alpha value is -3.86. The molecule has 1 atom stereocenters. The Bertz CT molecular complexity index is 1670. The maximum absolute atomic E-state index is 13.6. The number of carbonyl (C=O) groups is 2. The number of aliphatic hydroxyl groups is 1. The summed E-state index contributed by atoms with van der Waals surface area (Å²) in [5.41, 5.74) is 3.00. The molecule has 1 amide bonds. The van der Waals surface area contributed by atoms with Gasteiger partial charge in [0.25, 0.3) is 5.78 Å². The van der Waals surface area contributed by atoms with Gasteiger partial charge in [0.15, 0.2) is 15.8 Å². The molecule has 0 spiro atoms. The molecule has 1 saturated heterocycles. The predicted molar refractivity (Wildman–Crippen MR) is 175 cm³/mol. The highest BCUT2D eigenvalue weighted by atomic mass is 35.5. The zero-order valence-electron chi connectivity index (χ0n) is 24.6. The monoisotopic (exact) mass is 649 g/mol. The van der Waals surface area contributed by atoms with Gasteiger partial charge in [0.05, 0.1) is 25.3 Å². The van der Waals surface area contributed by atoms with Crippen molar-refractivity contribution in [3.05, 3.63) is 99.6 Å². The van der Waals surface area contributed by atoms with Crippen molar-refractivity contribution in [3.63, 3.8) is 0 Å². The number of anilines is 1. The molecule has 8 nitrogen and oxygen atoms in total. The number of unbranched alkanes of at least 4 members (excludes halogenated alkanes) is 2. The quantitative estimate of drug-likeness (QED) is 0.0411. The highest BCUT2D eigenvalue weighted by Gasteiger charge is 2.48. The Labute approximate surface area is 269 Å². The first-order valence-corrected chi connectivity index (χ1v) is 16.4. The number of aryl methyl sites for hydroxylation is 1. The van der Waals surface area contributed by atoms with Gasteiger partial charge in [-0.15, -0.1) is 10.2 Å². The number of halogens is 1. The van der Waals surface area contributed by atoms with E-state index in [9.17, 15) is 14.7 Å². The largest absolute Gasteiger partial charge is 0.507 e. The van der Waals surface area contributed by atoms with E-state index in [2.05, 4.69) is 17.1 Å². The summed E-state index contributed by atoms with van der Waals surface area (Å²) in [5.74, 6) is -0.240. The zero-order chi connectivity index (χ0) is 31.2. The molecule has 1 unspecified atom stereocenters. The first-order valence-electron chi connectivity index (χ1n) is 14.2. The molecular formula is C33H32ClN3O5S2. The first kappa shape index (κ1) is 31.6. The summed E-state index contributed by atoms with van der Waals surface area (Å²) in [5, 5.41) is 21.0. The van der Waals surface area contributed by atoms with Crippen LogP contribution in [0.25, 0.3) is 5.76 Å². The van der Waals surface area contributed by atoms with Crippen molar-refractivity contribution < 1.29 is 24.2 Å². The third-order valence-corrected chi connectivity index (χ3v) is 9.53. The van der Waals surface area contributed by atoms with Crippen LogP contribution in [0.2, 0.25) is 5.02 Å². The van der Waals surface area contributed by atoms with E-state index in [1.54, 1.807) is 30.3 Å². The van der Waals surface area contributed by atoms with Gasteiger partial charge in [-0.1, -0.05) is 102 Å². The number of ether oxygens (including phenoxy) is 2. The predicted octanol–water partition coefficient (Wildman–Crippen LogP) is 8.00. The second kappa shape index (κ2) is 14.3. The van der Waals surface area contributed by atoms with Gasteiger partial charge in [-0.25, -0.2) is 0 Å². The number of aromatic nitrogens is 2. The first-order chi connectivity index (χ1) is 21.3. The van der Waals surface area contributed by atoms with Gasteiger partial charge in [0.1, 0.15) is 5.76 Å². The molecule has 1 aliphatic heterocycles.